The second kappa shape index (κ2) is 7.79. The van der Waals surface area contributed by atoms with E-state index in [1.165, 1.54) is 11.1 Å². The van der Waals surface area contributed by atoms with Crippen LogP contribution in [0.2, 0.25) is 0 Å². The highest BCUT2D eigenvalue weighted by atomic mass is 79.9. The first kappa shape index (κ1) is 15.5. The molecule has 1 aliphatic rings. The van der Waals surface area contributed by atoms with Crippen LogP contribution in [-0.4, -0.2) is 53.8 Å². The topological polar surface area (TPSA) is 23.6 Å². The fourth-order valence-electron chi connectivity index (χ4n) is 2.63. The summed E-state index contributed by atoms with van der Waals surface area (Å²) in [6.07, 6.45) is 1.48. The highest BCUT2D eigenvalue weighted by Crippen LogP contribution is 2.11. The third-order valence-electron chi connectivity index (χ3n) is 4.00. The molecule has 1 aliphatic heterocycles. The average molecular weight is 339 g/mol. The van der Waals surface area contributed by atoms with E-state index < -0.39 is 0 Å². The number of carbonyl (C=O) groups is 1. The summed E-state index contributed by atoms with van der Waals surface area (Å²) < 4.78 is 0. The fourth-order valence-corrected chi connectivity index (χ4v) is 3.13. The molecule has 2 rings (SSSR count). The lowest BCUT2D eigenvalue weighted by Gasteiger charge is -2.34. The second-order valence-electron chi connectivity index (χ2n) is 5.34. The lowest BCUT2D eigenvalue weighted by molar-refractivity contribution is -0.132. The summed E-state index contributed by atoms with van der Waals surface area (Å²) in [7, 11) is 0. The number of nitrogens with zero attached hydrogens (tertiary/aromatic N) is 2. The van der Waals surface area contributed by atoms with Gasteiger partial charge in [0, 0.05) is 44.5 Å². The van der Waals surface area contributed by atoms with E-state index >= 15 is 0 Å². The highest BCUT2D eigenvalue weighted by Gasteiger charge is 2.20. The molecule has 0 saturated carbocycles. The van der Waals surface area contributed by atoms with Crippen molar-refractivity contribution < 1.29 is 4.79 Å². The molecular weight excluding hydrogens is 316 g/mol. The zero-order valence-electron chi connectivity index (χ0n) is 12.1. The Bertz CT molecular complexity index is 442. The van der Waals surface area contributed by atoms with E-state index in [2.05, 4.69) is 39.9 Å². The first-order valence-electron chi connectivity index (χ1n) is 7.31. The van der Waals surface area contributed by atoms with Gasteiger partial charge >= 0.3 is 0 Å². The van der Waals surface area contributed by atoms with Crippen molar-refractivity contribution in [2.24, 2.45) is 0 Å². The second-order valence-corrected chi connectivity index (χ2v) is 6.13. The van der Waals surface area contributed by atoms with Crippen molar-refractivity contribution in [1.82, 2.24) is 9.80 Å². The van der Waals surface area contributed by atoms with E-state index in [1.54, 1.807) is 0 Å². The van der Waals surface area contributed by atoms with Crippen LogP contribution in [0.15, 0.2) is 24.3 Å². The molecule has 1 heterocycles. The molecule has 20 heavy (non-hydrogen) atoms. The maximum atomic E-state index is 12.2. The van der Waals surface area contributed by atoms with E-state index in [1.807, 2.05) is 17.0 Å². The normalized spacial score (nSPS) is 16.4. The standard InChI is InChI=1S/C16H23BrN2O/c1-14-4-2-3-5-15(14)6-7-16(20)19-12-10-18(9-8-17)11-13-19/h2-5H,6-13H2,1H3. The lowest BCUT2D eigenvalue weighted by atomic mass is 10.0. The monoisotopic (exact) mass is 338 g/mol. The van der Waals surface area contributed by atoms with Gasteiger partial charge in [-0.2, -0.15) is 0 Å². The average Bonchev–Trinajstić information content (AvgIpc) is 2.47. The third kappa shape index (κ3) is 4.32. The molecule has 1 aromatic rings. The first-order chi connectivity index (χ1) is 9.70. The summed E-state index contributed by atoms with van der Waals surface area (Å²) in [6, 6.07) is 8.32. The number of rotatable bonds is 5. The number of carbonyl (C=O) groups excluding carboxylic acids is 1. The molecule has 1 aromatic carbocycles. The van der Waals surface area contributed by atoms with E-state index in [0.717, 1.165) is 44.5 Å². The van der Waals surface area contributed by atoms with E-state index in [9.17, 15) is 4.79 Å². The Labute approximate surface area is 130 Å². The number of hydrogen-bond donors (Lipinski definition) is 0. The van der Waals surface area contributed by atoms with E-state index in [0.29, 0.717) is 12.3 Å². The molecule has 110 valence electrons. The van der Waals surface area contributed by atoms with Gasteiger partial charge in [0.25, 0.3) is 0 Å². The molecule has 0 atom stereocenters. The number of alkyl halides is 1. The summed E-state index contributed by atoms with van der Waals surface area (Å²) in [5, 5.41) is 1.01. The summed E-state index contributed by atoms with van der Waals surface area (Å²) in [5.74, 6) is 0.298. The third-order valence-corrected chi connectivity index (χ3v) is 4.35. The Morgan fingerprint density at radius 3 is 2.55 bits per heavy atom. The van der Waals surface area contributed by atoms with Crippen molar-refractivity contribution in [3.63, 3.8) is 0 Å². The van der Waals surface area contributed by atoms with Gasteiger partial charge in [-0.05, 0) is 24.5 Å². The van der Waals surface area contributed by atoms with Crippen LogP contribution in [0.5, 0.6) is 0 Å². The molecule has 3 nitrogen and oxygen atoms in total. The van der Waals surface area contributed by atoms with Gasteiger partial charge in [-0.25, -0.2) is 0 Å². The van der Waals surface area contributed by atoms with Crippen molar-refractivity contribution >= 4 is 21.8 Å². The minimum absolute atomic E-state index is 0.298. The van der Waals surface area contributed by atoms with Gasteiger partial charge < -0.3 is 4.90 Å². The van der Waals surface area contributed by atoms with Crippen molar-refractivity contribution in [3.8, 4) is 0 Å². The Hall–Kier alpha value is -0.870. The van der Waals surface area contributed by atoms with Crippen LogP contribution in [0.1, 0.15) is 17.5 Å². The summed E-state index contributed by atoms with van der Waals surface area (Å²) in [4.78, 5) is 16.7. The van der Waals surface area contributed by atoms with E-state index in [-0.39, 0.29) is 0 Å². The Morgan fingerprint density at radius 2 is 1.90 bits per heavy atom. The Balaban J connectivity index is 1.77. The Morgan fingerprint density at radius 1 is 1.20 bits per heavy atom. The molecule has 0 aliphatic carbocycles. The van der Waals surface area contributed by atoms with Crippen LogP contribution >= 0.6 is 15.9 Å². The number of piperazine rings is 1. The summed E-state index contributed by atoms with van der Waals surface area (Å²) >= 11 is 3.46. The fraction of sp³-hybridized carbons (Fsp3) is 0.562. The maximum absolute atomic E-state index is 12.2. The number of amides is 1. The molecule has 4 heteroatoms. The molecule has 0 aromatic heterocycles. The molecule has 0 radical (unpaired) electrons. The summed E-state index contributed by atoms with van der Waals surface area (Å²) in [6.45, 7) is 6.94. The molecule has 0 bridgehead atoms. The van der Waals surface area contributed by atoms with Crippen molar-refractivity contribution in [2.45, 2.75) is 19.8 Å². The molecular formula is C16H23BrN2O. The van der Waals surface area contributed by atoms with Crippen LogP contribution in [0.3, 0.4) is 0 Å². The molecule has 1 amide bonds. The van der Waals surface area contributed by atoms with E-state index in [4.69, 9.17) is 0 Å². The zero-order valence-corrected chi connectivity index (χ0v) is 13.7. The number of halogens is 1. The molecule has 0 spiro atoms. The smallest absolute Gasteiger partial charge is 0.222 e. The lowest BCUT2D eigenvalue weighted by Crippen LogP contribution is -2.49. The van der Waals surface area contributed by atoms with Gasteiger partial charge in [-0.15, -0.1) is 0 Å². The van der Waals surface area contributed by atoms with Crippen molar-refractivity contribution in [2.75, 3.05) is 38.1 Å². The van der Waals surface area contributed by atoms with Crippen LogP contribution in [0, 0.1) is 6.92 Å². The predicted octanol–water partition coefficient (Wildman–Crippen LogP) is 2.47. The van der Waals surface area contributed by atoms with Gasteiger partial charge in [0.2, 0.25) is 5.91 Å². The first-order valence-corrected chi connectivity index (χ1v) is 8.43. The number of benzene rings is 1. The SMILES string of the molecule is Cc1ccccc1CCC(=O)N1CCN(CCBr)CC1. The number of hydrogen-bond acceptors (Lipinski definition) is 2. The van der Waals surface area contributed by atoms with Gasteiger partial charge in [-0.3, -0.25) is 9.69 Å². The van der Waals surface area contributed by atoms with Crippen LogP contribution in [0.25, 0.3) is 0 Å². The van der Waals surface area contributed by atoms with Crippen LogP contribution in [0.4, 0.5) is 0 Å². The molecule has 1 saturated heterocycles. The van der Waals surface area contributed by atoms with Gasteiger partial charge in [0.05, 0.1) is 0 Å². The minimum Gasteiger partial charge on any atom is -0.340 e. The van der Waals surface area contributed by atoms with Crippen molar-refractivity contribution in [1.29, 1.82) is 0 Å². The maximum Gasteiger partial charge on any atom is 0.222 e. The van der Waals surface area contributed by atoms with Crippen LogP contribution < -0.4 is 0 Å². The highest BCUT2D eigenvalue weighted by molar-refractivity contribution is 9.09. The van der Waals surface area contributed by atoms with Crippen molar-refractivity contribution in [3.05, 3.63) is 35.4 Å². The summed E-state index contributed by atoms with van der Waals surface area (Å²) in [5.41, 5.74) is 2.57. The predicted molar refractivity (Wildman–Crippen MR) is 86.3 cm³/mol. The largest absolute Gasteiger partial charge is 0.340 e. The quantitative estimate of drug-likeness (QED) is 0.770. The van der Waals surface area contributed by atoms with Gasteiger partial charge in [-0.1, -0.05) is 40.2 Å². The zero-order chi connectivity index (χ0) is 14.4. The van der Waals surface area contributed by atoms with Crippen LogP contribution in [-0.2, 0) is 11.2 Å². The molecule has 0 N–H and O–H groups in total. The Kier molecular flexibility index (Phi) is 6.05. The number of aryl methyl sites for hydroxylation is 2. The minimum atomic E-state index is 0.298. The van der Waals surface area contributed by atoms with Gasteiger partial charge in [0.1, 0.15) is 0 Å². The van der Waals surface area contributed by atoms with Gasteiger partial charge in [0.15, 0.2) is 0 Å². The molecule has 1 fully saturated rings. The molecule has 0 unspecified atom stereocenters.